The Hall–Kier alpha value is -1.77. The molecule has 0 spiro atoms. The first-order valence-corrected chi connectivity index (χ1v) is 5.75. The number of nitrogens with zero attached hydrogens (tertiary/aromatic N) is 1. The molecule has 1 aliphatic heterocycles. The summed E-state index contributed by atoms with van der Waals surface area (Å²) in [6.45, 7) is 4.29. The standard InChI is InChI=1S/C14H18N2O/c1-14(2)10-7-5-6-8-11(10)16(4)12(14)9-13(17)15-3/h5-9H,1-4H3,(H,15,17)/b12-9+. The van der Waals surface area contributed by atoms with Gasteiger partial charge in [0.05, 0.1) is 0 Å². The van der Waals surface area contributed by atoms with Crippen molar-refractivity contribution in [2.24, 2.45) is 0 Å². The molecule has 3 nitrogen and oxygen atoms in total. The maximum atomic E-state index is 11.5. The van der Waals surface area contributed by atoms with E-state index in [1.807, 2.05) is 19.2 Å². The van der Waals surface area contributed by atoms with Crippen LogP contribution in [-0.4, -0.2) is 20.0 Å². The number of amides is 1. The minimum atomic E-state index is -0.127. The molecule has 1 aromatic carbocycles. The van der Waals surface area contributed by atoms with Crippen LogP contribution < -0.4 is 10.2 Å². The smallest absolute Gasteiger partial charge is 0.245 e. The van der Waals surface area contributed by atoms with Gasteiger partial charge in [0, 0.05) is 37.0 Å². The number of benzene rings is 1. The van der Waals surface area contributed by atoms with Gasteiger partial charge in [0.25, 0.3) is 0 Å². The fourth-order valence-electron chi connectivity index (χ4n) is 2.46. The first-order valence-electron chi connectivity index (χ1n) is 5.75. The van der Waals surface area contributed by atoms with E-state index in [4.69, 9.17) is 0 Å². The van der Waals surface area contributed by atoms with Gasteiger partial charge in [0.15, 0.2) is 0 Å². The van der Waals surface area contributed by atoms with E-state index in [0.717, 1.165) is 5.70 Å². The maximum Gasteiger partial charge on any atom is 0.245 e. The third-order valence-electron chi connectivity index (χ3n) is 3.45. The number of carbonyl (C=O) groups is 1. The van der Waals surface area contributed by atoms with Crippen molar-refractivity contribution in [1.82, 2.24) is 5.32 Å². The first kappa shape index (κ1) is 11.7. The van der Waals surface area contributed by atoms with Crippen LogP contribution in [0.3, 0.4) is 0 Å². The molecule has 17 heavy (non-hydrogen) atoms. The molecule has 0 aromatic heterocycles. The van der Waals surface area contributed by atoms with Gasteiger partial charge >= 0.3 is 0 Å². The maximum absolute atomic E-state index is 11.5. The first-order chi connectivity index (χ1) is 7.98. The van der Waals surface area contributed by atoms with Crippen LogP contribution in [0.15, 0.2) is 36.0 Å². The van der Waals surface area contributed by atoms with Gasteiger partial charge in [-0.2, -0.15) is 0 Å². The summed E-state index contributed by atoms with van der Waals surface area (Å²) < 4.78 is 0. The molecule has 1 amide bonds. The van der Waals surface area contributed by atoms with E-state index in [2.05, 4.69) is 36.2 Å². The largest absolute Gasteiger partial charge is 0.356 e. The number of anilines is 1. The zero-order valence-electron chi connectivity index (χ0n) is 10.7. The lowest BCUT2D eigenvalue weighted by molar-refractivity contribution is -0.116. The van der Waals surface area contributed by atoms with Crippen LogP contribution in [0.1, 0.15) is 19.4 Å². The van der Waals surface area contributed by atoms with Gasteiger partial charge in [-0.25, -0.2) is 0 Å². The van der Waals surface area contributed by atoms with Crippen LogP contribution in [0.5, 0.6) is 0 Å². The van der Waals surface area contributed by atoms with Crippen molar-refractivity contribution in [2.45, 2.75) is 19.3 Å². The molecule has 0 radical (unpaired) electrons. The van der Waals surface area contributed by atoms with Crippen LogP contribution in [0.25, 0.3) is 0 Å². The molecular weight excluding hydrogens is 212 g/mol. The summed E-state index contributed by atoms with van der Waals surface area (Å²) in [5.74, 6) is -0.0623. The summed E-state index contributed by atoms with van der Waals surface area (Å²) in [7, 11) is 3.65. The number of para-hydroxylation sites is 1. The number of nitrogens with one attached hydrogen (secondary N) is 1. The highest BCUT2D eigenvalue weighted by Gasteiger charge is 2.38. The van der Waals surface area contributed by atoms with Gasteiger partial charge in [-0.15, -0.1) is 0 Å². The van der Waals surface area contributed by atoms with E-state index >= 15 is 0 Å². The SMILES string of the molecule is CNC(=O)/C=C1/N(C)c2ccccc2C1(C)C. The van der Waals surface area contributed by atoms with Crippen molar-refractivity contribution < 1.29 is 4.79 Å². The molecule has 1 N–H and O–H groups in total. The quantitative estimate of drug-likeness (QED) is 0.749. The number of hydrogen-bond acceptors (Lipinski definition) is 2. The molecule has 1 aliphatic rings. The number of rotatable bonds is 1. The Morgan fingerprint density at radius 3 is 2.59 bits per heavy atom. The lowest BCUT2D eigenvalue weighted by Crippen LogP contribution is -2.26. The normalized spacial score (nSPS) is 19.3. The highest BCUT2D eigenvalue weighted by molar-refractivity contribution is 5.90. The fraction of sp³-hybridized carbons (Fsp3) is 0.357. The van der Waals surface area contributed by atoms with Crippen molar-refractivity contribution in [1.29, 1.82) is 0 Å². The second-order valence-electron chi connectivity index (χ2n) is 4.84. The Labute approximate surface area is 102 Å². The molecule has 2 rings (SSSR count). The second kappa shape index (κ2) is 3.91. The molecule has 1 heterocycles. The van der Waals surface area contributed by atoms with Crippen LogP contribution in [0.2, 0.25) is 0 Å². The molecule has 1 aromatic rings. The summed E-state index contributed by atoms with van der Waals surface area (Å²) in [4.78, 5) is 13.6. The van der Waals surface area contributed by atoms with E-state index in [1.54, 1.807) is 13.1 Å². The van der Waals surface area contributed by atoms with E-state index in [1.165, 1.54) is 11.3 Å². The van der Waals surface area contributed by atoms with Crippen LogP contribution in [-0.2, 0) is 10.2 Å². The van der Waals surface area contributed by atoms with Crippen molar-refractivity contribution in [3.05, 3.63) is 41.6 Å². The summed E-state index contributed by atoms with van der Waals surface area (Å²) in [5, 5.41) is 2.63. The van der Waals surface area contributed by atoms with Gasteiger partial charge in [-0.1, -0.05) is 32.0 Å². The average Bonchev–Trinajstić information content (AvgIpc) is 2.51. The predicted molar refractivity (Wildman–Crippen MR) is 70.0 cm³/mol. The fourth-order valence-corrected chi connectivity index (χ4v) is 2.46. The van der Waals surface area contributed by atoms with Gasteiger partial charge in [-0.3, -0.25) is 4.79 Å². The van der Waals surface area contributed by atoms with Gasteiger partial charge < -0.3 is 10.2 Å². The average molecular weight is 230 g/mol. The molecule has 90 valence electrons. The topological polar surface area (TPSA) is 32.3 Å². The predicted octanol–water partition coefficient (Wildman–Crippen LogP) is 2.04. The van der Waals surface area contributed by atoms with E-state index in [0.29, 0.717) is 0 Å². The van der Waals surface area contributed by atoms with E-state index in [9.17, 15) is 4.79 Å². The Morgan fingerprint density at radius 2 is 2.00 bits per heavy atom. The van der Waals surface area contributed by atoms with Crippen LogP contribution >= 0.6 is 0 Å². The molecule has 0 saturated heterocycles. The van der Waals surface area contributed by atoms with Gasteiger partial charge in [0.2, 0.25) is 5.91 Å². The van der Waals surface area contributed by atoms with Crippen molar-refractivity contribution in [3.8, 4) is 0 Å². The van der Waals surface area contributed by atoms with Gasteiger partial charge in [-0.05, 0) is 11.6 Å². The van der Waals surface area contributed by atoms with Gasteiger partial charge in [0.1, 0.15) is 0 Å². The number of carbonyl (C=O) groups excluding carboxylic acids is 1. The van der Waals surface area contributed by atoms with Crippen LogP contribution in [0, 0.1) is 0 Å². The van der Waals surface area contributed by atoms with E-state index in [-0.39, 0.29) is 11.3 Å². The number of likely N-dealkylation sites (N-methyl/N-ethyl adjacent to an activating group) is 2. The molecule has 0 aliphatic carbocycles. The Kier molecular flexibility index (Phi) is 2.69. The van der Waals surface area contributed by atoms with Crippen molar-refractivity contribution in [2.75, 3.05) is 19.0 Å². The Balaban J connectivity index is 2.54. The van der Waals surface area contributed by atoms with Crippen molar-refractivity contribution in [3.63, 3.8) is 0 Å². The Morgan fingerprint density at radius 1 is 1.35 bits per heavy atom. The summed E-state index contributed by atoms with van der Waals surface area (Å²) in [6, 6.07) is 8.27. The zero-order chi connectivity index (χ0) is 12.6. The lowest BCUT2D eigenvalue weighted by Gasteiger charge is -2.23. The highest BCUT2D eigenvalue weighted by Crippen LogP contribution is 2.46. The molecule has 0 unspecified atom stereocenters. The van der Waals surface area contributed by atoms with Crippen molar-refractivity contribution >= 4 is 11.6 Å². The zero-order valence-corrected chi connectivity index (χ0v) is 10.7. The third kappa shape index (κ3) is 1.71. The minimum absolute atomic E-state index is 0.0623. The molecule has 0 fully saturated rings. The third-order valence-corrected chi connectivity index (χ3v) is 3.45. The molecule has 3 heteroatoms. The molecular formula is C14H18N2O. The molecule has 0 bridgehead atoms. The number of allylic oxidation sites excluding steroid dienone is 1. The van der Waals surface area contributed by atoms with Crippen LogP contribution in [0.4, 0.5) is 5.69 Å². The van der Waals surface area contributed by atoms with E-state index < -0.39 is 0 Å². The highest BCUT2D eigenvalue weighted by atomic mass is 16.1. The number of hydrogen-bond donors (Lipinski definition) is 1. The lowest BCUT2D eigenvalue weighted by atomic mass is 9.84. The Bertz CT molecular complexity index is 489. The molecule has 0 saturated carbocycles. The monoisotopic (exact) mass is 230 g/mol. The number of fused-ring (bicyclic) bond motifs is 1. The summed E-state index contributed by atoms with van der Waals surface area (Å²) >= 11 is 0. The summed E-state index contributed by atoms with van der Waals surface area (Å²) in [6.07, 6.45) is 1.68. The second-order valence-corrected chi connectivity index (χ2v) is 4.84. The minimum Gasteiger partial charge on any atom is -0.356 e. The summed E-state index contributed by atoms with van der Waals surface area (Å²) in [5.41, 5.74) is 3.33. The molecule has 0 atom stereocenters.